The van der Waals surface area contributed by atoms with E-state index in [9.17, 15) is 26.3 Å². The van der Waals surface area contributed by atoms with E-state index in [0.717, 1.165) is 18.5 Å². The summed E-state index contributed by atoms with van der Waals surface area (Å²) in [7, 11) is 0. The molecule has 1 fully saturated rings. The number of morpholine rings is 1. The van der Waals surface area contributed by atoms with E-state index in [4.69, 9.17) is 4.74 Å². The highest BCUT2D eigenvalue weighted by molar-refractivity contribution is 5.69. The summed E-state index contributed by atoms with van der Waals surface area (Å²) in [6.45, 7) is 1.81. The van der Waals surface area contributed by atoms with Crippen LogP contribution in [0.1, 0.15) is 11.1 Å². The zero-order chi connectivity index (χ0) is 18.9. The molecule has 0 atom stereocenters. The minimum atomic E-state index is -5.19. The first-order chi connectivity index (χ1) is 12.2. The molecular formula is C16H13F6N3O. The molecule has 4 nitrogen and oxygen atoms in total. The molecule has 0 unspecified atom stereocenters. The number of aromatic nitrogens is 2. The smallest absolute Gasteiger partial charge is 0.378 e. The summed E-state index contributed by atoms with van der Waals surface area (Å²) in [5.41, 5.74) is -4.35. The summed E-state index contributed by atoms with van der Waals surface area (Å²) in [5.74, 6) is 0.337. The van der Waals surface area contributed by atoms with Crippen molar-refractivity contribution in [2.75, 3.05) is 31.2 Å². The third-order valence-corrected chi connectivity index (χ3v) is 3.92. The molecule has 1 aromatic heterocycles. The number of nitrogens with zero attached hydrogens (tertiary/aromatic N) is 3. The van der Waals surface area contributed by atoms with E-state index in [1.165, 1.54) is 6.07 Å². The Hall–Kier alpha value is -2.36. The van der Waals surface area contributed by atoms with Crippen LogP contribution in [0, 0.1) is 0 Å². The topological polar surface area (TPSA) is 38.2 Å². The van der Waals surface area contributed by atoms with Gasteiger partial charge in [-0.3, -0.25) is 0 Å². The van der Waals surface area contributed by atoms with Crippen molar-refractivity contribution in [1.82, 2.24) is 9.97 Å². The third-order valence-electron chi connectivity index (χ3n) is 3.92. The Labute approximate surface area is 144 Å². The summed E-state index contributed by atoms with van der Waals surface area (Å²) in [4.78, 5) is 9.55. The fraction of sp³-hybridized carbons (Fsp3) is 0.375. The first-order valence-corrected chi connectivity index (χ1v) is 7.60. The van der Waals surface area contributed by atoms with E-state index in [1.807, 2.05) is 0 Å². The molecule has 10 heteroatoms. The average molecular weight is 377 g/mol. The molecular weight excluding hydrogens is 364 g/mol. The highest BCUT2D eigenvalue weighted by atomic mass is 19.4. The van der Waals surface area contributed by atoms with Crippen LogP contribution in [-0.4, -0.2) is 36.3 Å². The van der Waals surface area contributed by atoms with Crippen LogP contribution in [0.4, 0.5) is 32.2 Å². The summed E-state index contributed by atoms with van der Waals surface area (Å²) >= 11 is 0. The van der Waals surface area contributed by atoms with Gasteiger partial charge in [0.2, 0.25) is 0 Å². The minimum Gasteiger partial charge on any atom is -0.378 e. The maximum absolute atomic E-state index is 13.4. The lowest BCUT2D eigenvalue weighted by atomic mass is 9.97. The van der Waals surface area contributed by atoms with Crippen molar-refractivity contribution in [2.45, 2.75) is 12.4 Å². The van der Waals surface area contributed by atoms with Gasteiger partial charge in [-0.05, 0) is 6.07 Å². The number of rotatable bonds is 2. The van der Waals surface area contributed by atoms with Crippen molar-refractivity contribution in [1.29, 1.82) is 0 Å². The molecule has 0 saturated carbocycles. The van der Waals surface area contributed by atoms with Crippen LogP contribution in [0.25, 0.3) is 11.3 Å². The summed E-state index contributed by atoms with van der Waals surface area (Å²) in [6.07, 6.45) is -9.28. The van der Waals surface area contributed by atoms with Crippen molar-refractivity contribution in [3.05, 3.63) is 41.7 Å². The molecule has 1 aliphatic heterocycles. The molecule has 0 aliphatic carbocycles. The van der Waals surface area contributed by atoms with Gasteiger partial charge in [-0.2, -0.15) is 26.3 Å². The van der Waals surface area contributed by atoms with Gasteiger partial charge in [0.15, 0.2) is 0 Å². The van der Waals surface area contributed by atoms with E-state index in [1.54, 1.807) is 4.90 Å². The molecule has 1 aromatic carbocycles. The molecule has 2 aromatic rings. The van der Waals surface area contributed by atoms with Gasteiger partial charge in [-0.1, -0.05) is 12.1 Å². The maximum Gasteiger partial charge on any atom is 0.417 e. The monoisotopic (exact) mass is 377 g/mol. The van der Waals surface area contributed by atoms with Crippen molar-refractivity contribution < 1.29 is 31.1 Å². The lowest BCUT2D eigenvalue weighted by Crippen LogP contribution is -2.36. The van der Waals surface area contributed by atoms with Crippen LogP contribution in [-0.2, 0) is 17.1 Å². The number of ether oxygens (including phenoxy) is 1. The summed E-state index contributed by atoms with van der Waals surface area (Å²) in [6, 6.07) is 3.58. The van der Waals surface area contributed by atoms with Gasteiger partial charge in [0.25, 0.3) is 0 Å². The quantitative estimate of drug-likeness (QED) is 0.741. The van der Waals surface area contributed by atoms with Gasteiger partial charge in [0, 0.05) is 24.7 Å². The lowest BCUT2D eigenvalue weighted by Gasteiger charge is -2.28. The summed E-state index contributed by atoms with van der Waals surface area (Å²) < 4.78 is 84.7. The molecule has 1 aliphatic rings. The molecule has 0 radical (unpaired) electrons. The molecule has 26 heavy (non-hydrogen) atoms. The number of halogens is 6. The zero-order valence-electron chi connectivity index (χ0n) is 13.2. The van der Waals surface area contributed by atoms with Crippen LogP contribution >= 0.6 is 0 Å². The van der Waals surface area contributed by atoms with Gasteiger partial charge >= 0.3 is 12.4 Å². The fourth-order valence-electron chi connectivity index (χ4n) is 2.77. The maximum atomic E-state index is 13.4. The van der Waals surface area contributed by atoms with Gasteiger partial charge < -0.3 is 9.64 Å². The van der Waals surface area contributed by atoms with Crippen LogP contribution in [0.3, 0.4) is 0 Å². The van der Waals surface area contributed by atoms with Crippen LogP contribution < -0.4 is 4.90 Å². The van der Waals surface area contributed by atoms with Gasteiger partial charge in [0.05, 0.1) is 30.0 Å². The normalized spacial score (nSPS) is 16.0. The molecule has 2 heterocycles. The van der Waals surface area contributed by atoms with Crippen LogP contribution in [0.15, 0.2) is 30.6 Å². The molecule has 0 amide bonds. The largest absolute Gasteiger partial charge is 0.417 e. The molecule has 0 bridgehead atoms. The fourth-order valence-corrected chi connectivity index (χ4v) is 2.77. The van der Waals surface area contributed by atoms with Gasteiger partial charge in [-0.15, -0.1) is 0 Å². The third kappa shape index (κ3) is 3.74. The highest BCUT2D eigenvalue weighted by Crippen LogP contribution is 2.44. The molecule has 140 valence electrons. The zero-order valence-corrected chi connectivity index (χ0v) is 13.2. The SMILES string of the molecule is FC(F)(F)c1cccc(-c2cc(N3CCOCC3)ncn2)c1C(F)(F)F. The molecule has 0 N–H and O–H groups in total. The van der Waals surface area contributed by atoms with Crippen molar-refractivity contribution in [3.8, 4) is 11.3 Å². The van der Waals surface area contributed by atoms with E-state index < -0.39 is 29.0 Å². The summed E-state index contributed by atoms with van der Waals surface area (Å²) in [5, 5.41) is 0. The molecule has 1 saturated heterocycles. The number of hydrogen-bond acceptors (Lipinski definition) is 4. The second kappa shape index (κ2) is 6.75. The Balaban J connectivity index is 2.12. The highest BCUT2D eigenvalue weighted by Gasteiger charge is 2.45. The predicted molar refractivity (Wildman–Crippen MR) is 80.5 cm³/mol. The van der Waals surface area contributed by atoms with E-state index in [-0.39, 0.29) is 5.69 Å². The second-order valence-corrected chi connectivity index (χ2v) is 5.58. The molecule has 3 rings (SSSR count). The number of anilines is 1. The van der Waals surface area contributed by atoms with E-state index >= 15 is 0 Å². The Morgan fingerprint density at radius 2 is 1.62 bits per heavy atom. The second-order valence-electron chi connectivity index (χ2n) is 5.58. The van der Waals surface area contributed by atoms with Crippen LogP contribution in [0.2, 0.25) is 0 Å². The van der Waals surface area contributed by atoms with Crippen LogP contribution in [0.5, 0.6) is 0 Å². The first kappa shape index (κ1) is 18.4. The Morgan fingerprint density at radius 1 is 0.923 bits per heavy atom. The Kier molecular flexibility index (Phi) is 4.78. The molecule has 0 spiro atoms. The van der Waals surface area contributed by atoms with Crippen molar-refractivity contribution >= 4 is 5.82 Å². The average Bonchev–Trinajstić information content (AvgIpc) is 2.60. The lowest BCUT2D eigenvalue weighted by molar-refractivity contribution is -0.161. The van der Waals surface area contributed by atoms with E-state index in [0.29, 0.717) is 38.2 Å². The van der Waals surface area contributed by atoms with Crippen molar-refractivity contribution in [2.24, 2.45) is 0 Å². The van der Waals surface area contributed by atoms with Crippen molar-refractivity contribution in [3.63, 3.8) is 0 Å². The minimum absolute atomic E-state index is 0.222. The van der Waals surface area contributed by atoms with Gasteiger partial charge in [0.1, 0.15) is 12.1 Å². The first-order valence-electron chi connectivity index (χ1n) is 7.60. The number of benzene rings is 1. The Bertz CT molecular complexity index is 784. The number of hydrogen-bond donors (Lipinski definition) is 0. The standard InChI is InChI=1S/C16H13F6N3O/c17-15(18,19)11-3-1-2-10(14(11)16(20,21)22)12-8-13(24-9-23-12)25-4-6-26-7-5-25/h1-3,8-9H,4-7H2. The Morgan fingerprint density at radius 3 is 2.23 bits per heavy atom. The van der Waals surface area contributed by atoms with Gasteiger partial charge in [-0.25, -0.2) is 9.97 Å². The number of alkyl halides is 6. The van der Waals surface area contributed by atoms with E-state index in [2.05, 4.69) is 9.97 Å². The predicted octanol–water partition coefficient (Wildman–Crippen LogP) is 4.02.